The van der Waals surface area contributed by atoms with Crippen LogP contribution in [0.4, 0.5) is 0 Å². The molecule has 2 bridgehead atoms. The molecule has 5 atom stereocenters. The molecule has 0 radical (unpaired) electrons. The number of piperazine rings is 1. The van der Waals surface area contributed by atoms with Gasteiger partial charge >= 0.3 is 0 Å². The second kappa shape index (κ2) is 18.8. The summed E-state index contributed by atoms with van der Waals surface area (Å²) in [6.45, 7) is 13.8. The summed E-state index contributed by atoms with van der Waals surface area (Å²) in [6.07, 6.45) is 12.7. The highest BCUT2D eigenvalue weighted by molar-refractivity contribution is 7.93. The number of nitrogens with zero attached hydrogens (tertiary/aromatic N) is 2. The maximum Gasteiger partial charge on any atom is 0.219 e. The van der Waals surface area contributed by atoms with Gasteiger partial charge in [-0.25, -0.2) is 9.78 Å². The summed E-state index contributed by atoms with van der Waals surface area (Å²) < 4.78 is 14.6. The zero-order valence-electron chi connectivity index (χ0n) is 29.9. The highest BCUT2D eigenvalue weighted by atomic mass is 32.2. The lowest BCUT2D eigenvalue weighted by Gasteiger charge is -2.46. The van der Waals surface area contributed by atoms with Gasteiger partial charge < -0.3 is 14.2 Å². The van der Waals surface area contributed by atoms with E-state index in [1.165, 1.54) is 43.2 Å². The Morgan fingerprint density at radius 3 is 2.25 bits per heavy atom. The molecule has 6 rings (SSSR count). The van der Waals surface area contributed by atoms with E-state index in [9.17, 15) is 4.79 Å². The largest absolute Gasteiger partial charge is 0.494 e. The molecule has 1 amide bonds. The molecule has 1 saturated heterocycles. The molecule has 1 heterocycles. The van der Waals surface area contributed by atoms with Crippen molar-refractivity contribution >= 4 is 17.9 Å². The maximum absolute atomic E-state index is 11.5. The van der Waals surface area contributed by atoms with E-state index >= 15 is 0 Å². The predicted octanol–water partition coefficient (Wildman–Crippen LogP) is 9.01. The van der Waals surface area contributed by atoms with Gasteiger partial charge in [-0.1, -0.05) is 50.1 Å². The molecule has 0 spiro atoms. The van der Waals surface area contributed by atoms with Gasteiger partial charge in [0.1, 0.15) is 5.75 Å². The van der Waals surface area contributed by atoms with Crippen molar-refractivity contribution in [2.75, 3.05) is 39.3 Å². The average molecular weight is 681 g/mol. The Kier molecular flexibility index (Phi) is 14.5. The average Bonchev–Trinajstić information content (AvgIpc) is 3.10. The highest BCUT2D eigenvalue weighted by Gasteiger charge is 2.42. The number of fused-ring (bicyclic) bond motifs is 2. The van der Waals surface area contributed by atoms with Crippen molar-refractivity contribution in [3.63, 3.8) is 0 Å². The molecule has 7 nitrogen and oxygen atoms in total. The van der Waals surface area contributed by atoms with Crippen LogP contribution in [0.15, 0.2) is 53.4 Å². The van der Waals surface area contributed by atoms with Crippen LogP contribution in [-0.2, 0) is 14.6 Å². The SMILES string of the molecule is CCC1CC2CC(C)CC(C2)C1OOC1CCC(c2ccc(OCCCN3CCN(C(C)=O)CC3)cc2)CC1.Cc1ccc(SO)cc1. The van der Waals surface area contributed by atoms with E-state index in [-0.39, 0.29) is 12.0 Å². The van der Waals surface area contributed by atoms with Crippen LogP contribution in [0, 0.1) is 30.6 Å². The first kappa shape index (κ1) is 37.2. The zero-order valence-corrected chi connectivity index (χ0v) is 30.7. The number of ether oxygens (including phenoxy) is 1. The molecule has 4 fully saturated rings. The third-order valence-electron chi connectivity index (χ3n) is 11.3. The molecular formula is C40H60N2O5S. The van der Waals surface area contributed by atoms with Gasteiger partial charge in [-0.05, 0) is 124 Å². The lowest BCUT2D eigenvalue weighted by Crippen LogP contribution is -2.48. The van der Waals surface area contributed by atoms with Crippen LogP contribution in [0.25, 0.3) is 0 Å². The molecule has 3 aliphatic carbocycles. The number of aryl methyl sites for hydroxylation is 1. The van der Waals surface area contributed by atoms with Gasteiger partial charge in [0.15, 0.2) is 0 Å². The predicted molar refractivity (Wildman–Crippen MR) is 194 cm³/mol. The van der Waals surface area contributed by atoms with Crippen molar-refractivity contribution in [2.45, 2.75) is 115 Å². The molecule has 5 unspecified atom stereocenters. The van der Waals surface area contributed by atoms with Gasteiger partial charge in [-0.15, -0.1) is 0 Å². The minimum atomic E-state index is 0.188. The van der Waals surface area contributed by atoms with Gasteiger partial charge in [-0.3, -0.25) is 9.69 Å². The van der Waals surface area contributed by atoms with Crippen LogP contribution in [-0.4, -0.2) is 71.8 Å². The van der Waals surface area contributed by atoms with Crippen LogP contribution < -0.4 is 4.74 Å². The third-order valence-corrected chi connectivity index (χ3v) is 11.8. The highest BCUT2D eigenvalue weighted by Crippen LogP contribution is 2.47. The summed E-state index contributed by atoms with van der Waals surface area (Å²) >= 11 is 0.777. The normalized spacial score (nSPS) is 29.1. The topological polar surface area (TPSA) is 71.5 Å². The van der Waals surface area contributed by atoms with Crippen molar-refractivity contribution in [2.24, 2.45) is 23.7 Å². The zero-order chi connectivity index (χ0) is 33.9. The second-order valence-electron chi connectivity index (χ2n) is 15.0. The smallest absolute Gasteiger partial charge is 0.219 e. The van der Waals surface area contributed by atoms with Crippen LogP contribution in [0.2, 0.25) is 0 Å². The van der Waals surface area contributed by atoms with Gasteiger partial charge in [0.2, 0.25) is 5.91 Å². The molecule has 1 N–H and O–H groups in total. The molecule has 8 heteroatoms. The Balaban J connectivity index is 0.000000434. The van der Waals surface area contributed by atoms with E-state index in [1.54, 1.807) is 6.92 Å². The summed E-state index contributed by atoms with van der Waals surface area (Å²) in [5.74, 6) is 4.86. The summed E-state index contributed by atoms with van der Waals surface area (Å²) in [5.41, 5.74) is 2.64. The van der Waals surface area contributed by atoms with Crippen molar-refractivity contribution in [3.05, 3.63) is 59.7 Å². The van der Waals surface area contributed by atoms with Crippen LogP contribution in [0.5, 0.6) is 5.75 Å². The van der Waals surface area contributed by atoms with Crippen LogP contribution in [0.3, 0.4) is 0 Å². The van der Waals surface area contributed by atoms with Gasteiger partial charge in [0.25, 0.3) is 0 Å². The van der Waals surface area contributed by atoms with Gasteiger partial charge in [-0.2, -0.15) is 0 Å². The Morgan fingerprint density at radius 1 is 0.896 bits per heavy atom. The minimum absolute atomic E-state index is 0.188. The summed E-state index contributed by atoms with van der Waals surface area (Å²) in [5, 5.41) is 0. The van der Waals surface area contributed by atoms with Crippen LogP contribution in [0.1, 0.15) is 102 Å². The summed E-state index contributed by atoms with van der Waals surface area (Å²) in [7, 11) is 0. The number of hydrogen-bond donors (Lipinski definition) is 1. The van der Waals surface area contributed by atoms with Gasteiger partial charge in [0, 0.05) is 56.6 Å². The second-order valence-corrected chi connectivity index (χ2v) is 15.7. The minimum Gasteiger partial charge on any atom is -0.494 e. The Morgan fingerprint density at radius 2 is 1.60 bits per heavy atom. The monoisotopic (exact) mass is 680 g/mol. The Bertz CT molecular complexity index is 1230. The number of rotatable bonds is 11. The van der Waals surface area contributed by atoms with Crippen molar-refractivity contribution < 1.29 is 23.9 Å². The molecular weight excluding hydrogens is 621 g/mol. The molecule has 2 aromatic rings. The quantitative estimate of drug-likeness (QED) is 0.110. The molecule has 1 aliphatic heterocycles. The lowest BCUT2D eigenvalue weighted by molar-refractivity contribution is -0.378. The third kappa shape index (κ3) is 10.9. The Labute approximate surface area is 294 Å². The van der Waals surface area contributed by atoms with E-state index in [0.717, 1.165) is 106 Å². The van der Waals surface area contributed by atoms with Crippen molar-refractivity contribution in [1.29, 1.82) is 0 Å². The summed E-state index contributed by atoms with van der Waals surface area (Å²) in [6, 6.07) is 16.5. The first-order chi connectivity index (χ1) is 23.3. The van der Waals surface area contributed by atoms with E-state index in [1.807, 2.05) is 36.1 Å². The van der Waals surface area contributed by atoms with E-state index in [2.05, 4.69) is 43.0 Å². The molecule has 2 aromatic carbocycles. The number of carbonyl (C=O) groups is 1. The first-order valence-corrected chi connectivity index (χ1v) is 19.5. The Hall–Kier alpha value is -2.10. The van der Waals surface area contributed by atoms with E-state index in [4.69, 9.17) is 19.1 Å². The van der Waals surface area contributed by atoms with Crippen LogP contribution >= 0.6 is 12.0 Å². The fraction of sp³-hybridized carbons (Fsp3) is 0.675. The van der Waals surface area contributed by atoms with Crippen molar-refractivity contribution in [3.8, 4) is 5.75 Å². The fourth-order valence-electron chi connectivity index (χ4n) is 8.60. The number of amides is 1. The molecule has 3 saturated carbocycles. The lowest BCUT2D eigenvalue weighted by atomic mass is 9.63. The number of carbonyl (C=O) groups excluding carboxylic acids is 1. The van der Waals surface area contributed by atoms with Crippen molar-refractivity contribution in [1.82, 2.24) is 9.80 Å². The molecule has 266 valence electrons. The molecule has 0 aromatic heterocycles. The van der Waals surface area contributed by atoms with Gasteiger partial charge in [0.05, 0.1) is 18.8 Å². The molecule has 48 heavy (non-hydrogen) atoms. The first-order valence-electron chi connectivity index (χ1n) is 18.7. The van der Waals surface area contributed by atoms with E-state index in [0.29, 0.717) is 23.9 Å². The maximum atomic E-state index is 11.5. The fourth-order valence-corrected chi connectivity index (χ4v) is 8.86. The summed E-state index contributed by atoms with van der Waals surface area (Å²) in [4.78, 5) is 29.2. The van der Waals surface area contributed by atoms with E-state index < -0.39 is 0 Å². The number of benzene rings is 2. The standard InChI is InChI=1S/C33H52N2O4.C7H8OS/c1-4-27-22-26-20-24(2)21-30(23-26)33(27)39-38-32-12-8-29(9-13-32)28-6-10-31(11-7-28)37-19-5-14-34-15-17-35(18-16-34)25(3)36;1-6-2-4-7(9-8)5-3-6/h6-7,10-11,24,26-27,29-30,32-33H,4-5,8-9,12-23H2,1-3H3;2-5,8H,1H3. The number of hydrogen-bond acceptors (Lipinski definition) is 7. The molecule has 4 aliphatic rings.